The molecule has 0 aromatic carbocycles. The summed E-state index contributed by atoms with van der Waals surface area (Å²) in [5.74, 6) is 1.02. The van der Waals surface area contributed by atoms with E-state index in [1.54, 1.807) is 0 Å². The summed E-state index contributed by atoms with van der Waals surface area (Å²) in [6.45, 7) is 4.18. The number of hydrogen-bond donors (Lipinski definition) is 1. The fourth-order valence-corrected chi connectivity index (χ4v) is 0.966. The van der Waals surface area contributed by atoms with E-state index >= 15 is 0 Å². The predicted molar refractivity (Wildman–Crippen MR) is 44.4 cm³/mol. The Kier molecular flexibility index (Phi) is 4.50. The molecule has 0 aliphatic carbocycles. The van der Waals surface area contributed by atoms with Crippen molar-refractivity contribution in [1.29, 1.82) is 0 Å². The van der Waals surface area contributed by atoms with Gasteiger partial charge in [0.05, 0.1) is 0 Å². The number of nitrogens with zero attached hydrogens (tertiary/aromatic N) is 1. The first-order chi connectivity index (χ1) is 4.83. The van der Waals surface area contributed by atoms with Crippen LogP contribution in [0.3, 0.4) is 0 Å². The molecule has 11 heavy (non-hydrogen) atoms. The first-order valence-electron chi connectivity index (χ1n) is 3.83. The Morgan fingerprint density at radius 2 is 2.27 bits per heavy atom. The lowest BCUT2D eigenvalue weighted by Gasteiger charge is -1.91. The molecule has 0 amide bonds. The normalized spacial score (nSPS) is 9.27. The summed E-state index contributed by atoms with van der Waals surface area (Å²) in [5, 5.41) is 0. The van der Waals surface area contributed by atoms with Crippen molar-refractivity contribution in [3.8, 4) is 0 Å². The van der Waals surface area contributed by atoms with Crippen LogP contribution in [0.25, 0.3) is 0 Å². The van der Waals surface area contributed by atoms with Gasteiger partial charge >= 0.3 is 0 Å². The van der Waals surface area contributed by atoms with Crippen molar-refractivity contribution in [3.63, 3.8) is 0 Å². The number of halogens is 1. The van der Waals surface area contributed by atoms with E-state index in [-0.39, 0.29) is 4.70 Å². The number of H-pyrrole nitrogens is 1. The van der Waals surface area contributed by atoms with Gasteiger partial charge < -0.3 is 4.98 Å². The van der Waals surface area contributed by atoms with Crippen molar-refractivity contribution in [1.82, 2.24) is 9.97 Å². The van der Waals surface area contributed by atoms with Crippen molar-refractivity contribution < 1.29 is 4.70 Å². The topological polar surface area (TPSA) is 28.7 Å². The molecule has 2 nitrogen and oxygen atoms in total. The second-order valence-electron chi connectivity index (χ2n) is 2.60. The van der Waals surface area contributed by atoms with Gasteiger partial charge in [-0.2, -0.15) is 0 Å². The highest BCUT2D eigenvalue weighted by atomic mass is 19.0. The SMILES string of the molecule is CCCCc1cnc(C)[nH]1.F. The van der Waals surface area contributed by atoms with Crippen molar-refractivity contribution in [2.75, 3.05) is 0 Å². The molecule has 0 aliphatic heterocycles. The number of rotatable bonds is 3. The molecule has 0 atom stereocenters. The average Bonchev–Trinajstić information content (AvgIpc) is 2.31. The van der Waals surface area contributed by atoms with E-state index in [0.717, 1.165) is 12.2 Å². The van der Waals surface area contributed by atoms with Crippen LogP contribution in [-0.2, 0) is 6.42 Å². The summed E-state index contributed by atoms with van der Waals surface area (Å²) < 4.78 is 0. The van der Waals surface area contributed by atoms with Gasteiger partial charge in [0.15, 0.2) is 0 Å². The second-order valence-corrected chi connectivity index (χ2v) is 2.60. The van der Waals surface area contributed by atoms with Crippen molar-refractivity contribution in [2.24, 2.45) is 0 Å². The molecule has 0 unspecified atom stereocenters. The minimum absolute atomic E-state index is 0. The Morgan fingerprint density at radius 1 is 1.55 bits per heavy atom. The molecule has 0 radical (unpaired) electrons. The summed E-state index contributed by atoms with van der Waals surface area (Å²) >= 11 is 0. The molecule has 1 N–H and O–H groups in total. The molecule has 0 saturated carbocycles. The van der Waals surface area contributed by atoms with Gasteiger partial charge in [-0.1, -0.05) is 13.3 Å². The summed E-state index contributed by atoms with van der Waals surface area (Å²) in [6, 6.07) is 0. The summed E-state index contributed by atoms with van der Waals surface area (Å²) in [6.07, 6.45) is 5.56. The van der Waals surface area contributed by atoms with Crippen molar-refractivity contribution >= 4 is 0 Å². The second kappa shape index (κ2) is 4.88. The van der Waals surface area contributed by atoms with E-state index in [0.29, 0.717) is 0 Å². The van der Waals surface area contributed by atoms with Crippen LogP contribution in [-0.4, -0.2) is 9.97 Å². The van der Waals surface area contributed by atoms with E-state index in [1.165, 1.54) is 18.5 Å². The number of hydrogen-bond acceptors (Lipinski definition) is 1. The molecule has 3 heteroatoms. The van der Waals surface area contributed by atoms with Gasteiger partial charge in [-0.15, -0.1) is 0 Å². The van der Waals surface area contributed by atoms with E-state index in [4.69, 9.17) is 0 Å². The molecule has 64 valence electrons. The fourth-order valence-electron chi connectivity index (χ4n) is 0.966. The third-order valence-electron chi connectivity index (χ3n) is 1.56. The number of aromatic amines is 1. The zero-order valence-electron chi connectivity index (χ0n) is 7.05. The van der Waals surface area contributed by atoms with Crippen LogP contribution in [0.4, 0.5) is 4.70 Å². The molecule has 1 aromatic heterocycles. The molecule has 0 bridgehead atoms. The van der Waals surface area contributed by atoms with Gasteiger partial charge in [-0.05, 0) is 19.8 Å². The Balaban J connectivity index is 0.000001000. The van der Waals surface area contributed by atoms with Gasteiger partial charge in [-0.25, -0.2) is 4.98 Å². The van der Waals surface area contributed by atoms with Crippen molar-refractivity contribution in [2.45, 2.75) is 33.1 Å². The molecule has 0 spiro atoms. The quantitative estimate of drug-likeness (QED) is 0.717. The minimum atomic E-state index is 0. The minimum Gasteiger partial charge on any atom is -0.346 e. The molecular formula is C8H15FN2. The monoisotopic (exact) mass is 158 g/mol. The van der Waals surface area contributed by atoms with Gasteiger partial charge in [0, 0.05) is 11.9 Å². The van der Waals surface area contributed by atoms with Crippen LogP contribution in [0.1, 0.15) is 31.3 Å². The van der Waals surface area contributed by atoms with Crippen molar-refractivity contribution in [3.05, 3.63) is 17.7 Å². The largest absolute Gasteiger partial charge is 0.346 e. The first-order valence-corrected chi connectivity index (χ1v) is 3.83. The van der Waals surface area contributed by atoms with Crippen LogP contribution in [0.15, 0.2) is 6.20 Å². The fraction of sp³-hybridized carbons (Fsp3) is 0.625. The Bertz CT molecular complexity index is 196. The standard InChI is InChI=1S/C8H14N2.FH/c1-3-4-5-8-6-9-7(2)10-8;/h6H,3-5H2,1-2H3,(H,9,10);1H. The van der Waals surface area contributed by atoms with Crippen LogP contribution >= 0.6 is 0 Å². The third kappa shape index (κ3) is 3.16. The number of imidazole rings is 1. The van der Waals surface area contributed by atoms with Crippen LogP contribution in [0, 0.1) is 6.92 Å². The molecule has 1 aromatic rings. The van der Waals surface area contributed by atoms with Crippen LogP contribution in [0.2, 0.25) is 0 Å². The summed E-state index contributed by atoms with van der Waals surface area (Å²) in [5.41, 5.74) is 1.26. The first kappa shape index (κ1) is 10.1. The molecule has 0 aliphatic rings. The lowest BCUT2D eigenvalue weighted by molar-refractivity contribution is 0.779. The van der Waals surface area contributed by atoms with E-state index < -0.39 is 0 Å². The van der Waals surface area contributed by atoms with Gasteiger partial charge in [0.25, 0.3) is 0 Å². The Hall–Kier alpha value is -0.860. The van der Waals surface area contributed by atoms with Gasteiger partial charge in [0.1, 0.15) is 5.82 Å². The van der Waals surface area contributed by atoms with Crippen LogP contribution < -0.4 is 0 Å². The third-order valence-corrected chi connectivity index (χ3v) is 1.56. The molecular weight excluding hydrogens is 143 g/mol. The highest BCUT2D eigenvalue weighted by molar-refractivity contribution is 4.99. The zero-order valence-corrected chi connectivity index (χ0v) is 7.05. The lowest BCUT2D eigenvalue weighted by atomic mass is 10.2. The molecule has 1 rings (SSSR count). The highest BCUT2D eigenvalue weighted by Crippen LogP contribution is 2.01. The summed E-state index contributed by atoms with van der Waals surface area (Å²) in [7, 11) is 0. The van der Waals surface area contributed by atoms with E-state index in [2.05, 4.69) is 16.9 Å². The number of nitrogens with one attached hydrogen (secondary N) is 1. The molecule has 0 saturated heterocycles. The maximum Gasteiger partial charge on any atom is 0.103 e. The molecule has 0 fully saturated rings. The highest BCUT2D eigenvalue weighted by Gasteiger charge is 1.93. The smallest absolute Gasteiger partial charge is 0.103 e. The zero-order chi connectivity index (χ0) is 7.40. The van der Waals surface area contributed by atoms with Gasteiger partial charge in [0.2, 0.25) is 0 Å². The Morgan fingerprint density at radius 3 is 2.73 bits per heavy atom. The number of aryl methyl sites for hydroxylation is 2. The number of aromatic nitrogens is 2. The summed E-state index contributed by atoms with van der Waals surface area (Å²) in [4.78, 5) is 7.31. The van der Waals surface area contributed by atoms with E-state index in [9.17, 15) is 0 Å². The lowest BCUT2D eigenvalue weighted by Crippen LogP contribution is -1.83. The number of unbranched alkanes of at least 4 members (excludes halogenated alkanes) is 1. The Labute approximate surface area is 66.4 Å². The predicted octanol–water partition coefficient (Wildman–Crippen LogP) is 2.21. The maximum atomic E-state index is 4.11. The van der Waals surface area contributed by atoms with E-state index in [1.807, 2.05) is 13.1 Å². The van der Waals surface area contributed by atoms with Gasteiger partial charge in [-0.3, -0.25) is 4.70 Å². The average molecular weight is 158 g/mol. The van der Waals surface area contributed by atoms with Crippen LogP contribution in [0.5, 0.6) is 0 Å². The maximum absolute atomic E-state index is 4.11. The molecule has 1 heterocycles.